The van der Waals surface area contributed by atoms with Gasteiger partial charge in [-0.3, -0.25) is 9.79 Å². The number of rotatable bonds is 6. The van der Waals surface area contributed by atoms with Gasteiger partial charge in [-0.25, -0.2) is 4.79 Å². The Bertz CT molecular complexity index is 658. The largest absolute Gasteiger partial charge is 0.454 e. The number of hydrogen-bond donors (Lipinski definition) is 4. The molecule has 2 amide bonds. The number of guanidine groups is 1. The van der Waals surface area contributed by atoms with Crippen molar-refractivity contribution < 1.29 is 18.7 Å². The van der Waals surface area contributed by atoms with Crippen LogP contribution in [-0.4, -0.2) is 42.7 Å². The Hall–Kier alpha value is -2.71. The lowest BCUT2D eigenvalue weighted by molar-refractivity contribution is 0.0473. The van der Waals surface area contributed by atoms with Crippen LogP contribution in [0.15, 0.2) is 21.5 Å². The molecule has 1 heterocycles. The summed E-state index contributed by atoms with van der Waals surface area (Å²) in [6, 6.07) is 3.18. The highest BCUT2D eigenvalue weighted by Crippen LogP contribution is 2.09. The van der Waals surface area contributed by atoms with Gasteiger partial charge in [0.15, 0.2) is 11.7 Å². The molecule has 0 aliphatic heterocycles. The molecule has 0 radical (unpaired) electrons. The number of furan rings is 1. The molecule has 0 unspecified atom stereocenters. The minimum atomic E-state index is -0.617. The fourth-order valence-electron chi connectivity index (χ4n) is 1.93. The zero-order valence-electron chi connectivity index (χ0n) is 16.2. The molecule has 0 spiro atoms. The van der Waals surface area contributed by atoms with E-state index in [4.69, 9.17) is 14.9 Å². The number of aliphatic imine (C=N–C) groups is 1. The van der Waals surface area contributed by atoms with Gasteiger partial charge in [0.25, 0.3) is 5.91 Å². The van der Waals surface area contributed by atoms with Gasteiger partial charge < -0.3 is 30.8 Å². The molecular formula is C17H29N5O4. The predicted molar refractivity (Wildman–Crippen MR) is 98.9 cm³/mol. The van der Waals surface area contributed by atoms with E-state index in [0.29, 0.717) is 24.8 Å². The third kappa shape index (κ3) is 7.91. The monoisotopic (exact) mass is 367 g/mol. The van der Waals surface area contributed by atoms with Crippen LogP contribution in [-0.2, 0) is 11.3 Å². The summed E-state index contributed by atoms with van der Waals surface area (Å²) in [7, 11) is 1.63. The van der Waals surface area contributed by atoms with Crippen LogP contribution in [0.3, 0.4) is 0 Å². The molecule has 5 N–H and O–H groups in total. The van der Waals surface area contributed by atoms with E-state index in [-0.39, 0.29) is 5.76 Å². The first kappa shape index (κ1) is 21.3. The fourth-order valence-corrected chi connectivity index (χ4v) is 1.93. The Balaban J connectivity index is 2.49. The van der Waals surface area contributed by atoms with Crippen LogP contribution >= 0.6 is 0 Å². The lowest BCUT2D eigenvalue weighted by Gasteiger charge is -2.29. The number of alkyl carbamates (subject to hydrolysis) is 1. The summed E-state index contributed by atoms with van der Waals surface area (Å²) in [6.07, 6.45) is -0.484. The van der Waals surface area contributed by atoms with Crippen molar-refractivity contribution in [2.24, 2.45) is 10.7 Å². The van der Waals surface area contributed by atoms with E-state index < -0.39 is 23.1 Å². The van der Waals surface area contributed by atoms with Gasteiger partial charge in [0.1, 0.15) is 11.4 Å². The number of nitrogens with two attached hydrogens (primary N) is 1. The first-order valence-corrected chi connectivity index (χ1v) is 8.26. The van der Waals surface area contributed by atoms with Crippen molar-refractivity contribution in [2.75, 3.05) is 13.6 Å². The van der Waals surface area contributed by atoms with Crippen LogP contribution < -0.4 is 21.7 Å². The second-order valence-corrected chi connectivity index (χ2v) is 7.42. The quantitative estimate of drug-likeness (QED) is 0.443. The Kier molecular flexibility index (Phi) is 7.05. The maximum absolute atomic E-state index is 11.9. The van der Waals surface area contributed by atoms with Crippen LogP contribution in [0, 0.1) is 0 Å². The highest BCUT2D eigenvalue weighted by Gasteiger charge is 2.24. The number of primary amides is 1. The molecule has 0 saturated heterocycles. The van der Waals surface area contributed by atoms with Crippen LogP contribution in [0.1, 0.15) is 50.9 Å². The van der Waals surface area contributed by atoms with E-state index >= 15 is 0 Å². The van der Waals surface area contributed by atoms with Gasteiger partial charge in [0, 0.05) is 13.6 Å². The SMILES string of the molecule is CN=C(NCc1ccc(C(N)=O)o1)NCC(C)(C)NC(=O)OC(C)(C)C. The van der Waals surface area contributed by atoms with E-state index in [1.807, 2.05) is 34.6 Å². The number of carbonyl (C=O) groups is 2. The predicted octanol–water partition coefficient (Wildman–Crippen LogP) is 1.35. The van der Waals surface area contributed by atoms with Crippen molar-refractivity contribution >= 4 is 18.0 Å². The normalized spacial score (nSPS) is 12.5. The minimum absolute atomic E-state index is 0.104. The van der Waals surface area contributed by atoms with Crippen molar-refractivity contribution in [2.45, 2.75) is 52.3 Å². The van der Waals surface area contributed by atoms with E-state index in [2.05, 4.69) is 20.9 Å². The van der Waals surface area contributed by atoms with Gasteiger partial charge in [-0.1, -0.05) is 0 Å². The molecule has 9 nitrogen and oxygen atoms in total. The maximum Gasteiger partial charge on any atom is 0.408 e. The minimum Gasteiger partial charge on any atom is -0.454 e. The van der Waals surface area contributed by atoms with E-state index in [9.17, 15) is 9.59 Å². The van der Waals surface area contributed by atoms with Gasteiger partial charge >= 0.3 is 6.09 Å². The standard InChI is InChI=1S/C17H29N5O4/c1-16(2,3)26-15(24)22-17(4,5)10-21-14(19-6)20-9-11-7-8-12(25-11)13(18)23/h7-8H,9-10H2,1-6H3,(H2,18,23)(H,22,24)(H2,19,20,21). The van der Waals surface area contributed by atoms with E-state index in [0.717, 1.165) is 0 Å². The summed E-state index contributed by atoms with van der Waals surface area (Å²) >= 11 is 0. The van der Waals surface area contributed by atoms with Crippen LogP contribution in [0.2, 0.25) is 0 Å². The summed E-state index contributed by atoms with van der Waals surface area (Å²) in [5.74, 6) is 0.551. The average Bonchev–Trinajstić information content (AvgIpc) is 2.93. The van der Waals surface area contributed by atoms with E-state index in [1.54, 1.807) is 13.1 Å². The van der Waals surface area contributed by atoms with Gasteiger partial charge in [0.2, 0.25) is 0 Å². The number of hydrogen-bond acceptors (Lipinski definition) is 5. The Labute approximate surface area is 153 Å². The van der Waals surface area contributed by atoms with Crippen LogP contribution in [0.25, 0.3) is 0 Å². The fraction of sp³-hybridized carbons (Fsp3) is 0.588. The van der Waals surface area contributed by atoms with Crippen molar-refractivity contribution in [3.63, 3.8) is 0 Å². The maximum atomic E-state index is 11.9. The summed E-state index contributed by atoms with van der Waals surface area (Å²) in [5.41, 5.74) is 4.03. The number of carbonyl (C=O) groups excluding carboxylic acids is 2. The van der Waals surface area contributed by atoms with Crippen molar-refractivity contribution in [3.8, 4) is 0 Å². The van der Waals surface area contributed by atoms with Crippen LogP contribution in [0.4, 0.5) is 4.79 Å². The molecule has 146 valence electrons. The lowest BCUT2D eigenvalue weighted by atomic mass is 10.1. The number of nitrogens with one attached hydrogen (secondary N) is 3. The first-order valence-electron chi connectivity index (χ1n) is 8.26. The van der Waals surface area contributed by atoms with Gasteiger partial charge in [-0.15, -0.1) is 0 Å². The van der Waals surface area contributed by atoms with Gasteiger partial charge in [0.05, 0.1) is 12.1 Å². The Morgan fingerprint density at radius 3 is 2.35 bits per heavy atom. The molecule has 0 bridgehead atoms. The zero-order valence-corrected chi connectivity index (χ0v) is 16.2. The molecule has 9 heteroatoms. The smallest absolute Gasteiger partial charge is 0.408 e. The second-order valence-electron chi connectivity index (χ2n) is 7.42. The Morgan fingerprint density at radius 1 is 1.19 bits per heavy atom. The van der Waals surface area contributed by atoms with Crippen molar-refractivity contribution in [1.82, 2.24) is 16.0 Å². The molecule has 1 aromatic heterocycles. The van der Waals surface area contributed by atoms with E-state index in [1.165, 1.54) is 6.07 Å². The van der Waals surface area contributed by atoms with Gasteiger partial charge in [-0.2, -0.15) is 0 Å². The molecule has 1 rings (SSSR count). The lowest BCUT2D eigenvalue weighted by Crippen LogP contribution is -2.54. The molecule has 0 aliphatic rings. The molecule has 0 atom stereocenters. The molecule has 26 heavy (non-hydrogen) atoms. The molecule has 0 fully saturated rings. The highest BCUT2D eigenvalue weighted by molar-refractivity contribution is 5.89. The molecular weight excluding hydrogens is 338 g/mol. The summed E-state index contributed by atoms with van der Waals surface area (Å²) in [6.45, 7) is 9.89. The summed E-state index contributed by atoms with van der Waals surface area (Å²) in [5, 5.41) is 8.97. The Morgan fingerprint density at radius 2 is 1.85 bits per heavy atom. The molecule has 0 aromatic carbocycles. The van der Waals surface area contributed by atoms with Crippen molar-refractivity contribution in [3.05, 3.63) is 23.7 Å². The molecule has 0 aliphatic carbocycles. The van der Waals surface area contributed by atoms with Gasteiger partial charge in [-0.05, 0) is 46.8 Å². The number of nitrogens with zero attached hydrogens (tertiary/aromatic N) is 1. The molecule has 1 aromatic rings. The average molecular weight is 367 g/mol. The van der Waals surface area contributed by atoms with Crippen molar-refractivity contribution in [1.29, 1.82) is 0 Å². The molecule has 0 saturated carbocycles. The third-order valence-corrected chi connectivity index (χ3v) is 3.10. The zero-order chi connectivity index (χ0) is 20.0. The third-order valence-electron chi connectivity index (χ3n) is 3.10. The number of amides is 2. The first-order chi connectivity index (χ1) is 11.9. The summed E-state index contributed by atoms with van der Waals surface area (Å²) in [4.78, 5) is 27.0. The highest BCUT2D eigenvalue weighted by atomic mass is 16.6. The topological polar surface area (TPSA) is 131 Å². The second kappa shape index (κ2) is 8.59. The summed E-state index contributed by atoms with van der Waals surface area (Å²) < 4.78 is 10.6. The number of ether oxygens (including phenoxy) is 1. The van der Waals surface area contributed by atoms with Crippen LogP contribution in [0.5, 0.6) is 0 Å².